The van der Waals surface area contributed by atoms with Gasteiger partial charge >= 0.3 is 0 Å². The van der Waals surface area contributed by atoms with E-state index in [1.165, 1.54) is 16.3 Å². The molecule has 1 aliphatic rings. The summed E-state index contributed by atoms with van der Waals surface area (Å²) >= 11 is 0. The van der Waals surface area contributed by atoms with Crippen LogP contribution < -0.4 is 10.1 Å². The summed E-state index contributed by atoms with van der Waals surface area (Å²) < 4.78 is 10.9. The number of rotatable bonds is 4. The first-order chi connectivity index (χ1) is 10.7. The number of hydrogen-bond donors (Lipinski definition) is 1. The molecule has 0 aliphatic carbocycles. The number of methoxy groups -OCH3 is 1. The fraction of sp³-hybridized carbons (Fsp3) is 0.474. The molecule has 3 atom stereocenters. The number of fused-ring (bicyclic) bond motifs is 1. The van der Waals surface area contributed by atoms with E-state index in [-0.39, 0.29) is 0 Å². The lowest BCUT2D eigenvalue weighted by Crippen LogP contribution is -2.39. The summed E-state index contributed by atoms with van der Waals surface area (Å²) in [7, 11) is 1.70. The van der Waals surface area contributed by atoms with Crippen molar-refractivity contribution in [2.75, 3.05) is 13.7 Å². The number of hydrogen-bond acceptors (Lipinski definition) is 3. The van der Waals surface area contributed by atoms with Gasteiger partial charge in [0.25, 0.3) is 0 Å². The van der Waals surface area contributed by atoms with Crippen LogP contribution in [0.4, 0.5) is 0 Å². The summed E-state index contributed by atoms with van der Waals surface area (Å²) in [5, 5.41) is 6.22. The zero-order valence-corrected chi connectivity index (χ0v) is 13.6. The van der Waals surface area contributed by atoms with Gasteiger partial charge in [0.15, 0.2) is 0 Å². The molecule has 0 unspecified atom stereocenters. The van der Waals surface area contributed by atoms with Gasteiger partial charge in [-0.25, -0.2) is 0 Å². The summed E-state index contributed by atoms with van der Waals surface area (Å²) in [6, 6.07) is 13.8. The Balaban J connectivity index is 1.74. The van der Waals surface area contributed by atoms with Crippen molar-refractivity contribution in [2.24, 2.45) is 0 Å². The normalized spacial score (nSPS) is 23.4. The second kappa shape index (κ2) is 6.67. The maximum absolute atomic E-state index is 5.62. The van der Waals surface area contributed by atoms with Crippen LogP contribution in [0.5, 0.6) is 5.75 Å². The van der Waals surface area contributed by atoms with Crippen LogP contribution >= 0.6 is 0 Å². The van der Waals surface area contributed by atoms with Crippen LogP contribution in [-0.2, 0) is 4.74 Å². The van der Waals surface area contributed by atoms with Crippen molar-refractivity contribution < 1.29 is 9.47 Å². The van der Waals surface area contributed by atoms with Crippen LogP contribution in [0, 0.1) is 0 Å². The van der Waals surface area contributed by atoms with E-state index < -0.39 is 0 Å². The Bertz CT molecular complexity index is 640. The maximum Gasteiger partial charge on any atom is 0.119 e. The third-order valence-electron chi connectivity index (χ3n) is 4.54. The van der Waals surface area contributed by atoms with Gasteiger partial charge < -0.3 is 14.8 Å². The molecule has 0 radical (unpaired) electrons. The summed E-state index contributed by atoms with van der Waals surface area (Å²) in [6.45, 7) is 5.26. The molecule has 0 amide bonds. The highest BCUT2D eigenvalue weighted by atomic mass is 16.5. The van der Waals surface area contributed by atoms with Gasteiger partial charge in [0.05, 0.1) is 13.2 Å². The SMILES string of the molecule is COc1ccc2cc([C@H](C)N[C@@H]3CCO[C@@H](C)C3)ccc2c1. The molecule has 3 heteroatoms. The first-order valence-corrected chi connectivity index (χ1v) is 8.11. The van der Waals surface area contributed by atoms with Gasteiger partial charge in [0.2, 0.25) is 0 Å². The Hall–Kier alpha value is -1.58. The van der Waals surface area contributed by atoms with Gasteiger partial charge in [-0.1, -0.05) is 18.2 Å². The maximum atomic E-state index is 5.62. The van der Waals surface area contributed by atoms with Gasteiger partial charge in [-0.15, -0.1) is 0 Å². The van der Waals surface area contributed by atoms with Crippen molar-refractivity contribution in [1.29, 1.82) is 0 Å². The molecular formula is C19H25NO2. The number of ether oxygens (including phenoxy) is 2. The second-order valence-electron chi connectivity index (χ2n) is 6.26. The van der Waals surface area contributed by atoms with Crippen molar-refractivity contribution in [1.82, 2.24) is 5.32 Å². The largest absolute Gasteiger partial charge is 0.497 e. The Kier molecular flexibility index (Phi) is 4.65. The van der Waals surface area contributed by atoms with Crippen molar-refractivity contribution in [3.05, 3.63) is 42.0 Å². The minimum atomic E-state index is 0.349. The molecular weight excluding hydrogens is 274 g/mol. The summed E-state index contributed by atoms with van der Waals surface area (Å²) in [6.07, 6.45) is 2.55. The first-order valence-electron chi connectivity index (χ1n) is 8.11. The highest BCUT2D eigenvalue weighted by molar-refractivity contribution is 5.84. The zero-order valence-electron chi connectivity index (χ0n) is 13.6. The lowest BCUT2D eigenvalue weighted by atomic mass is 9.99. The molecule has 1 heterocycles. The Morgan fingerprint density at radius 3 is 2.73 bits per heavy atom. The Morgan fingerprint density at radius 1 is 1.18 bits per heavy atom. The second-order valence-corrected chi connectivity index (χ2v) is 6.26. The third-order valence-corrected chi connectivity index (χ3v) is 4.54. The standard InChI is InChI=1S/C19H25NO2/c1-13-10-18(8-9-22-13)20-14(2)15-4-5-17-12-19(21-3)7-6-16(17)11-15/h4-7,11-14,18,20H,8-10H2,1-3H3/t13-,14-,18+/m0/s1. The zero-order chi connectivity index (χ0) is 15.5. The predicted molar refractivity (Wildman–Crippen MR) is 90.5 cm³/mol. The first kappa shape index (κ1) is 15.3. The molecule has 22 heavy (non-hydrogen) atoms. The number of nitrogens with one attached hydrogen (secondary N) is 1. The van der Waals surface area contributed by atoms with E-state index in [0.717, 1.165) is 25.2 Å². The van der Waals surface area contributed by atoms with Crippen LogP contribution in [0.1, 0.15) is 38.3 Å². The lowest BCUT2D eigenvalue weighted by molar-refractivity contribution is 0.0116. The Morgan fingerprint density at radius 2 is 1.95 bits per heavy atom. The van der Waals surface area contributed by atoms with Crippen LogP contribution in [0.15, 0.2) is 36.4 Å². The average Bonchev–Trinajstić information content (AvgIpc) is 2.53. The molecule has 1 fully saturated rings. The van der Waals surface area contributed by atoms with E-state index in [2.05, 4.69) is 49.5 Å². The van der Waals surface area contributed by atoms with E-state index in [1.807, 2.05) is 6.07 Å². The molecule has 0 bridgehead atoms. The molecule has 118 valence electrons. The Labute approximate surface area is 132 Å². The van der Waals surface area contributed by atoms with Crippen LogP contribution in [0.3, 0.4) is 0 Å². The molecule has 0 saturated carbocycles. The summed E-state index contributed by atoms with van der Waals surface area (Å²) in [5.74, 6) is 0.905. The van der Waals surface area contributed by atoms with Gasteiger partial charge in [-0.2, -0.15) is 0 Å². The monoisotopic (exact) mass is 299 g/mol. The highest BCUT2D eigenvalue weighted by Crippen LogP contribution is 2.25. The van der Waals surface area contributed by atoms with Gasteiger partial charge in [-0.3, -0.25) is 0 Å². The minimum Gasteiger partial charge on any atom is -0.497 e. The van der Waals surface area contributed by atoms with E-state index in [0.29, 0.717) is 18.2 Å². The fourth-order valence-electron chi connectivity index (χ4n) is 3.24. The van der Waals surface area contributed by atoms with Crippen LogP contribution in [0.2, 0.25) is 0 Å². The van der Waals surface area contributed by atoms with E-state index in [4.69, 9.17) is 9.47 Å². The fourth-order valence-corrected chi connectivity index (χ4v) is 3.24. The molecule has 3 rings (SSSR count). The lowest BCUT2D eigenvalue weighted by Gasteiger charge is -2.30. The van der Waals surface area contributed by atoms with E-state index in [1.54, 1.807) is 7.11 Å². The highest BCUT2D eigenvalue weighted by Gasteiger charge is 2.21. The average molecular weight is 299 g/mol. The van der Waals surface area contributed by atoms with Crippen molar-refractivity contribution >= 4 is 10.8 Å². The molecule has 3 nitrogen and oxygen atoms in total. The van der Waals surface area contributed by atoms with Gasteiger partial charge in [0.1, 0.15) is 5.75 Å². The van der Waals surface area contributed by atoms with Gasteiger partial charge in [0, 0.05) is 18.7 Å². The predicted octanol–water partition coefficient (Wildman–Crippen LogP) is 4.07. The van der Waals surface area contributed by atoms with Crippen molar-refractivity contribution in [3.8, 4) is 5.75 Å². The summed E-state index contributed by atoms with van der Waals surface area (Å²) in [5.41, 5.74) is 1.33. The molecule has 1 N–H and O–H groups in total. The van der Waals surface area contributed by atoms with Crippen molar-refractivity contribution in [3.63, 3.8) is 0 Å². The third kappa shape index (κ3) is 3.42. The number of benzene rings is 2. The quantitative estimate of drug-likeness (QED) is 0.923. The smallest absolute Gasteiger partial charge is 0.119 e. The van der Waals surface area contributed by atoms with Crippen LogP contribution in [-0.4, -0.2) is 25.9 Å². The van der Waals surface area contributed by atoms with Crippen LogP contribution in [0.25, 0.3) is 10.8 Å². The molecule has 1 saturated heterocycles. The van der Waals surface area contributed by atoms with E-state index >= 15 is 0 Å². The van der Waals surface area contributed by atoms with Crippen molar-refractivity contribution in [2.45, 2.75) is 44.9 Å². The topological polar surface area (TPSA) is 30.5 Å². The molecule has 0 spiro atoms. The molecule has 2 aromatic rings. The summed E-state index contributed by atoms with van der Waals surface area (Å²) in [4.78, 5) is 0. The molecule has 2 aromatic carbocycles. The minimum absolute atomic E-state index is 0.349. The van der Waals surface area contributed by atoms with E-state index in [9.17, 15) is 0 Å². The molecule has 1 aliphatic heterocycles. The molecule has 0 aromatic heterocycles. The van der Waals surface area contributed by atoms with Gasteiger partial charge in [-0.05, 0) is 61.2 Å².